The molecule has 0 saturated carbocycles. The van der Waals surface area contributed by atoms with Crippen molar-refractivity contribution in [2.75, 3.05) is 20.2 Å². The van der Waals surface area contributed by atoms with Crippen molar-refractivity contribution >= 4 is 0 Å². The molecule has 2 rings (SSSR count). The van der Waals surface area contributed by atoms with E-state index in [0.717, 1.165) is 25.9 Å². The standard InChI is InChI=1S/C15H19FN2O/c1-15(19-2)6-3-7-18(11-15)10-13-8-12(9-17)4-5-14(13)16/h4-5,8H,3,6-7,10-11H2,1-2H3. The fourth-order valence-electron chi connectivity index (χ4n) is 2.62. The zero-order chi connectivity index (χ0) is 13.9. The Labute approximate surface area is 113 Å². The molecule has 1 atom stereocenters. The number of benzene rings is 1. The van der Waals surface area contributed by atoms with Crippen LogP contribution in [0.2, 0.25) is 0 Å². The molecule has 4 heteroatoms. The molecule has 1 fully saturated rings. The second kappa shape index (κ2) is 5.68. The molecule has 0 aromatic heterocycles. The van der Waals surface area contributed by atoms with Crippen LogP contribution in [0.5, 0.6) is 0 Å². The predicted molar refractivity (Wildman–Crippen MR) is 71.0 cm³/mol. The molecule has 3 nitrogen and oxygen atoms in total. The molecule has 0 spiro atoms. The number of nitrogens with zero attached hydrogens (tertiary/aromatic N) is 2. The molecule has 0 aliphatic carbocycles. The van der Waals surface area contributed by atoms with Gasteiger partial charge in [0, 0.05) is 25.8 Å². The normalized spacial score (nSPS) is 24.1. The van der Waals surface area contributed by atoms with E-state index in [1.807, 2.05) is 6.07 Å². The monoisotopic (exact) mass is 262 g/mol. The van der Waals surface area contributed by atoms with Crippen LogP contribution in [0.3, 0.4) is 0 Å². The number of ether oxygens (including phenoxy) is 1. The molecule has 19 heavy (non-hydrogen) atoms. The molecule has 1 heterocycles. The summed E-state index contributed by atoms with van der Waals surface area (Å²) in [7, 11) is 1.72. The van der Waals surface area contributed by atoms with Crippen LogP contribution in [0.4, 0.5) is 4.39 Å². The van der Waals surface area contributed by atoms with E-state index < -0.39 is 0 Å². The molecule has 0 N–H and O–H groups in total. The van der Waals surface area contributed by atoms with Crippen molar-refractivity contribution in [3.8, 4) is 6.07 Å². The summed E-state index contributed by atoms with van der Waals surface area (Å²) in [5, 5.41) is 8.87. The van der Waals surface area contributed by atoms with Crippen molar-refractivity contribution in [3.05, 3.63) is 35.1 Å². The van der Waals surface area contributed by atoms with Crippen LogP contribution in [0, 0.1) is 17.1 Å². The number of methoxy groups -OCH3 is 1. The Morgan fingerprint density at radius 3 is 3.00 bits per heavy atom. The third kappa shape index (κ3) is 3.31. The molecular weight excluding hydrogens is 243 g/mol. The van der Waals surface area contributed by atoms with E-state index in [1.165, 1.54) is 12.1 Å². The average Bonchev–Trinajstić information content (AvgIpc) is 2.41. The van der Waals surface area contributed by atoms with Gasteiger partial charge in [0.25, 0.3) is 0 Å². The summed E-state index contributed by atoms with van der Waals surface area (Å²) in [6.45, 7) is 4.34. The predicted octanol–water partition coefficient (Wildman–Crippen LogP) is 2.70. The van der Waals surface area contributed by atoms with Crippen LogP contribution < -0.4 is 0 Å². The van der Waals surface area contributed by atoms with Gasteiger partial charge in [-0.1, -0.05) is 0 Å². The maximum atomic E-state index is 13.8. The van der Waals surface area contributed by atoms with Gasteiger partial charge in [0.2, 0.25) is 0 Å². The summed E-state index contributed by atoms with van der Waals surface area (Å²) in [6, 6.07) is 6.56. The summed E-state index contributed by atoms with van der Waals surface area (Å²) < 4.78 is 19.3. The van der Waals surface area contributed by atoms with Crippen LogP contribution >= 0.6 is 0 Å². The average molecular weight is 262 g/mol. The molecule has 1 unspecified atom stereocenters. The zero-order valence-electron chi connectivity index (χ0n) is 11.4. The second-order valence-electron chi connectivity index (χ2n) is 5.39. The Hall–Kier alpha value is -1.44. The first-order chi connectivity index (χ1) is 9.06. The van der Waals surface area contributed by atoms with Gasteiger partial charge in [-0.3, -0.25) is 4.90 Å². The van der Waals surface area contributed by atoms with Gasteiger partial charge in [-0.15, -0.1) is 0 Å². The maximum absolute atomic E-state index is 13.8. The van der Waals surface area contributed by atoms with Crippen molar-refractivity contribution in [2.24, 2.45) is 0 Å². The quantitative estimate of drug-likeness (QED) is 0.840. The lowest BCUT2D eigenvalue weighted by atomic mass is 9.94. The zero-order valence-corrected chi connectivity index (χ0v) is 11.4. The van der Waals surface area contributed by atoms with E-state index in [9.17, 15) is 4.39 Å². The highest BCUT2D eigenvalue weighted by atomic mass is 19.1. The van der Waals surface area contributed by atoms with Gasteiger partial charge in [-0.2, -0.15) is 5.26 Å². The smallest absolute Gasteiger partial charge is 0.127 e. The lowest BCUT2D eigenvalue weighted by Crippen LogP contribution is -2.46. The van der Waals surface area contributed by atoms with Crippen molar-refractivity contribution in [1.82, 2.24) is 4.90 Å². The lowest BCUT2D eigenvalue weighted by Gasteiger charge is -2.39. The third-order valence-corrected chi connectivity index (χ3v) is 3.80. The van der Waals surface area contributed by atoms with Gasteiger partial charge in [-0.05, 0) is 44.5 Å². The van der Waals surface area contributed by atoms with E-state index in [2.05, 4.69) is 11.8 Å². The Kier molecular flexibility index (Phi) is 4.18. The molecule has 102 valence electrons. The Balaban J connectivity index is 2.11. The van der Waals surface area contributed by atoms with E-state index in [-0.39, 0.29) is 11.4 Å². The number of hydrogen-bond donors (Lipinski definition) is 0. The number of rotatable bonds is 3. The minimum atomic E-state index is -0.247. The van der Waals surface area contributed by atoms with Gasteiger partial charge < -0.3 is 4.74 Å². The van der Waals surface area contributed by atoms with Crippen LogP contribution in [0.15, 0.2) is 18.2 Å². The highest BCUT2D eigenvalue weighted by Crippen LogP contribution is 2.25. The first-order valence-corrected chi connectivity index (χ1v) is 6.52. The number of likely N-dealkylation sites (tertiary alicyclic amines) is 1. The van der Waals surface area contributed by atoms with Crippen molar-refractivity contribution in [2.45, 2.75) is 31.9 Å². The molecule has 1 aliphatic heterocycles. The highest BCUT2D eigenvalue weighted by Gasteiger charge is 2.30. The van der Waals surface area contributed by atoms with Gasteiger partial charge in [-0.25, -0.2) is 4.39 Å². The largest absolute Gasteiger partial charge is 0.377 e. The van der Waals surface area contributed by atoms with Crippen LogP contribution in [0.1, 0.15) is 30.9 Å². The summed E-state index contributed by atoms with van der Waals surface area (Å²) >= 11 is 0. The molecule has 1 saturated heterocycles. The van der Waals surface area contributed by atoms with Gasteiger partial charge in [0.15, 0.2) is 0 Å². The van der Waals surface area contributed by atoms with Crippen molar-refractivity contribution in [3.63, 3.8) is 0 Å². The minimum absolute atomic E-state index is 0.151. The Morgan fingerprint density at radius 1 is 1.53 bits per heavy atom. The Bertz CT molecular complexity index is 497. The summed E-state index contributed by atoms with van der Waals surface area (Å²) in [6.07, 6.45) is 2.07. The molecule has 1 aromatic rings. The molecule has 1 aliphatic rings. The Morgan fingerprint density at radius 2 is 2.32 bits per heavy atom. The van der Waals surface area contributed by atoms with Crippen LogP contribution in [-0.4, -0.2) is 30.7 Å². The summed E-state index contributed by atoms with van der Waals surface area (Å²) in [5.41, 5.74) is 0.934. The van der Waals surface area contributed by atoms with E-state index in [1.54, 1.807) is 13.2 Å². The van der Waals surface area contributed by atoms with Gasteiger partial charge >= 0.3 is 0 Å². The first kappa shape index (κ1) is 14.0. The summed E-state index contributed by atoms with van der Waals surface area (Å²) in [4.78, 5) is 2.19. The van der Waals surface area contributed by atoms with E-state index in [0.29, 0.717) is 17.7 Å². The van der Waals surface area contributed by atoms with Crippen molar-refractivity contribution < 1.29 is 9.13 Å². The van der Waals surface area contributed by atoms with E-state index >= 15 is 0 Å². The number of nitriles is 1. The molecule has 0 bridgehead atoms. The fourth-order valence-corrected chi connectivity index (χ4v) is 2.62. The topological polar surface area (TPSA) is 36.3 Å². The minimum Gasteiger partial charge on any atom is -0.377 e. The van der Waals surface area contributed by atoms with Crippen LogP contribution in [-0.2, 0) is 11.3 Å². The lowest BCUT2D eigenvalue weighted by molar-refractivity contribution is -0.0528. The highest BCUT2D eigenvalue weighted by molar-refractivity contribution is 5.33. The number of piperidine rings is 1. The van der Waals surface area contributed by atoms with Crippen molar-refractivity contribution in [1.29, 1.82) is 5.26 Å². The number of hydrogen-bond acceptors (Lipinski definition) is 3. The van der Waals surface area contributed by atoms with Crippen LogP contribution in [0.25, 0.3) is 0 Å². The fraction of sp³-hybridized carbons (Fsp3) is 0.533. The maximum Gasteiger partial charge on any atom is 0.127 e. The molecule has 1 aromatic carbocycles. The number of halogens is 1. The first-order valence-electron chi connectivity index (χ1n) is 6.52. The molecule has 0 amide bonds. The van der Waals surface area contributed by atoms with Gasteiger partial charge in [0.1, 0.15) is 5.82 Å². The second-order valence-corrected chi connectivity index (χ2v) is 5.39. The molecular formula is C15H19FN2O. The van der Waals surface area contributed by atoms with E-state index in [4.69, 9.17) is 10.00 Å². The molecule has 0 radical (unpaired) electrons. The third-order valence-electron chi connectivity index (χ3n) is 3.80. The summed E-state index contributed by atoms with van der Waals surface area (Å²) in [5.74, 6) is -0.247. The SMILES string of the molecule is COC1(C)CCCN(Cc2cc(C#N)ccc2F)C1. The van der Waals surface area contributed by atoms with Gasteiger partial charge in [0.05, 0.1) is 17.2 Å².